The van der Waals surface area contributed by atoms with E-state index in [-0.39, 0.29) is 11.9 Å². The Bertz CT molecular complexity index is 1430. The van der Waals surface area contributed by atoms with Crippen molar-refractivity contribution in [2.45, 2.75) is 12.5 Å². The van der Waals surface area contributed by atoms with Crippen molar-refractivity contribution in [1.29, 1.82) is 0 Å². The van der Waals surface area contributed by atoms with Gasteiger partial charge in [0, 0.05) is 29.2 Å². The van der Waals surface area contributed by atoms with Gasteiger partial charge in [0.05, 0.1) is 34.5 Å². The van der Waals surface area contributed by atoms with Crippen molar-refractivity contribution >= 4 is 22.9 Å². The van der Waals surface area contributed by atoms with Crippen LogP contribution in [-0.2, 0) is 11.2 Å². The zero-order valence-corrected chi connectivity index (χ0v) is 21.4. The Labute approximate surface area is 216 Å². The third kappa shape index (κ3) is 4.48. The maximum atomic E-state index is 13.6. The van der Waals surface area contributed by atoms with E-state index in [2.05, 4.69) is 23.2 Å². The second-order valence-corrected chi connectivity index (χ2v) is 8.81. The van der Waals surface area contributed by atoms with Crippen LogP contribution in [0, 0.1) is 0 Å². The van der Waals surface area contributed by atoms with Crippen molar-refractivity contribution in [1.82, 2.24) is 9.88 Å². The Morgan fingerprint density at radius 3 is 2.27 bits per heavy atom. The summed E-state index contributed by atoms with van der Waals surface area (Å²) in [6.07, 6.45) is 4.15. The first kappa shape index (κ1) is 24.3. The van der Waals surface area contributed by atoms with Crippen molar-refractivity contribution in [3.63, 3.8) is 0 Å². The third-order valence-electron chi connectivity index (χ3n) is 6.85. The standard InChI is InChI=1S/C30H30N2O5/c1-34-21-12-10-20(11-13-21)29-28-23(22-7-5-6-8-24(22)31-28)15-16-32(29)27(33)14-9-19-17-25(35-2)30(37-4)26(18-19)36-3/h5-14,17-18,29,31H,15-16H2,1-4H3. The normalized spacial score (nSPS) is 15.0. The van der Waals surface area contributed by atoms with Crippen LogP contribution in [0.3, 0.4) is 0 Å². The average molecular weight is 499 g/mol. The summed E-state index contributed by atoms with van der Waals surface area (Å²) in [4.78, 5) is 19.2. The Morgan fingerprint density at radius 1 is 0.919 bits per heavy atom. The number of nitrogens with zero attached hydrogens (tertiary/aromatic N) is 1. The number of para-hydroxylation sites is 1. The lowest BCUT2D eigenvalue weighted by molar-refractivity contribution is -0.128. The Morgan fingerprint density at radius 2 is 1.62 bits per heavy atom. The highest BCUT2D eigenvalue weighted by Crippen LogP contribution is 2.40. The maximum absolute atomic E-state index is 13.6. The summed E-state index contributed by atoms with van der Waals surface area (Å²) < 4.78 is 21.7. The number of rotatable bonds is 7. The summed E-state index contributed by atoms with van der Waals surface area (Å²) in [6.45, 7) is 0.601. The topological polar surface area (TPSA) is 73.0 Å². The molecular formula is C30H30N2O5. The van der Waals surface area contributed by atoms with Gasteiger partial charge in [0.1, 0.15) is 5.75 Å². The van der Waals surface area contributed by atoms with Gasteiger partial charge in [-0.1, -0.05) is 30.3 Å². The van der Waals surface area contributed by atoms with E-state index in [0.717, 1.165) is 34.5 Å². The highest BCUT2D eigenvalue weighted by atomic mass is 16.5. The second kappa shape index (κ2) is 10.3. The van der Waals surface area contributed by atoms with Gasteiger partial charge in [0.2, 0.25) is 11.7 Å². The van der Waals surface area contributed by atoms with Crippen molar-refractivity contribution in [3.05, 3.63) is 89.1 Å². The minimum absolute atomic E-state index is 0.0844. The van der Waals surface area contributed by atoms with E-state index in [1.807, 2.05) is 47.4 Å². The molecule has 0 saturated carbocycles. The quantitative estimate of drug-likeness (QED) is 0.346. The molecular weight excluding hydrogens is 468 g/mol. The molecule has 0 aliphatic carbocycles. The predicted molar refractivity (Wildman–Crippen MR) is 144 cm³/mol. The van der Waals surface area contributed by atoms with Gasteiger partial charge in [-0.2, -0.15) is 0 Å². The zero-order valence-electron chi connectivity index (χ0n) is 21.4. The smallest absolute Gasteiger partial charge is 0.247 e. The minimum Gasteiger partial charge on any atom is -0.497 e. The summed E-state index contributed by atoms with van der Waals surface area (Å²) in [6, 6.07) is 19.6. The van der Waals surface area contributed by atoms with E-state index >= 15 is 0 Å². The fourth-order valence-electron chi connectivity index (χ4n) is 5.07. The lowest BCUT2D eigenvalue weighted by Crippen LogP contribution is -2.39. The van der Waals surface area contributed by atoms with E-state index in [4.69, 9.17) is 18.9 Å². The van der Waals surface area contributed by atoms with Gasteiger partial charge in [-0.3, -0.25) is 4.79 Å². The molecule has 1 N–H and O–H groups in total. The van der Waals surface area contributed by atoms with E-state index in [9.17, 15) is 4.79 Å². The lowest BCUT2D eigenvalue weighted by atomic mass is 9.92. The fourth-order valence-corrected chi connectivity index (χ4v) is 5.07. The summed E-state index contributed by atoms with van der Waals surface area (Å²) in [5.41, 5.74) is 5.17. The molecule has 1 atom stereocenters. The first-order valence-corrected chi connectivity index (χ1v) is 12.1. The third-order valence-corrected chi connectivity index (χ3v) is 6.85. The van der Waals surface area contributed by atoms with Crippen LogP contribution in [0.15, 0.2) is 66.7 Å². The average Bonchev–Trinajstić information content (AvgIpc) is 3.33. The highest BCUT2D eigenvalue weighted by molar-refractivity contribution is 5.93. The molecule has 1 amide bonds. The fraction of sp³-hybridized carbons (Fsp3) is 0.233. The van der Waals surface area contributed by atoms with E-state index in [1.54, 1.807) is 40.6 Å². The number of aromatic nitrogens is 1. The number of fused-ring (bicyclic) bond motifs is 3. The molecule has 5 rings (SSSR count). The number of carbonyl (C=O) groups is 1. The summed E-state index contributed by atoms with van der Waals surface area (Å²) in [7, 11) is 6.35. The van der Waals surface area contributed by atoms with Crippen LogP contribution < -0.4 is 18.9 Å². The van der Waals surface area contributed by atoms with E-state index < -0.39 is 0 Å². The molecule has 190 valence electrons. The molecule has 1 aromatic heterocycles. The van der Waals surface area contributed by atoms with Crippen molar-refractivity contribution in [3.8, 4) is 23.0 Å². The SMILES string of the molecule is COc1ccc(C2c3[nH]c4ccccc4c3CCN2C(=O)C=Cc2cc(OC)c(OC)c(OC)c2)cc1. The number of methoxy groups -OCH3 is 4. The van der Waals surface area contributed by atoms with Crippen molar-refractivity contribution in [2.24, 2.45) is 0 Å². The largest absolute Gasteiger partial charge is 0.497 e. The van der Waals surface area contributed by atoms with Crippen molar-refractivity contribution < 1.29 is 23.7 Å². The molecule has 2 heterocycles. The Kier molecular flexibility index (Phi) is 6.77. The maximum Gasteiger partial charge on any atom is 0.247 e. The van der Waals surface area contributed by atoms with Crippen LogP contribution in [0.1, 0.15) is 28.4 Å². The molecule has 1 unspecified atom stereocenters. The number of hydrogen-bond donors (Lipinski definition) is 1. The van der Waals surface area contributed by atoms with Crippen molar-refractivity contribution in [2.75, 3.05) is 35.0 Å². The first-order chi connectivity index (χ1) is 18.1. The monoisotopic (exact) mass is 498 g/mol. The Balaban J connectivity index is 1.52. The molecule has 0 fully saturated rings. The number of nitrogens with one attached hydrogen (secondary N) is 1. The first-order valence-electron chi connectivity index (χ1n) is 12.1. The second-order valence-electron chi connectivity index (χ2n) is 8.81. The van der Waals surface area contributed by atoms with Gasteiger partial charge in [0.25, 0.3) is 0 Å². The summed E-state index contributed by atoms with van der Waals surface area (Å²) in [5, 5.41) is 1.20. The van der Waals surface area contributed by atoms with Gasteiger partial charge >= 0.3 is 0 Å². The van der Waals surface area contributed by atoms with Crippen LogP contribution in [0.2, 0.25) is 0 Å². The van der Waals surface area contributed by atoms with Gasteiger partial charge in [0.15, 0.2) is 11.5 Å². The predicted octanol–water partition coefficient (Wildman–Crippen LogP) is 5.39. The number of amides is 1. The Hall–Kier alpha value is -4.39. The van der Waals surface area contributed by atoms with Crippen LogP contribution in [0.4, 0.5) is 0 Å². The zero-order chi connectivity index (χ0) is 25.9. The summed E-state index contributed by atoms with van der Waals surface area (Å²) in [5.74, 6) is 2.27. The molecule has 0 radical (unpaired) electrons. The number of hydrogen-bond acceptors (Lipinski definition) is 5. The van der Waals surface area contributed by atoms with Gasteiger partial charge in [-0.15, -0.1) is 0 Å². The molecule has 4 aromatic rings. The molecule has 0 saturated heterocycles. The lowest BCUT2D eigenvalue weighted by Gasteiger charge is -2.35. The number of ether oxygens (including phenoxy) is 4. The number of carbonyl (C=O) groups excluding carboxylic acids is 1. The highest BCUT2D eigenvalue weighted by Gasteiger charge is 2.33. The molecule has 7 nitrogen and oxygen atoms in total. The molecule has 3 aromatic carbocycles. The molecule has 1 aliphatic heterocycles. The number of H-pyrrole nitrogens is 1. The number of aromatic amines is 1. The van der Waals surface area contributed by atoms with E-state index in [0.29, 0.717) is 23.8 Å². The molecule has 1 aliphatic rings. The molecule has 0 spiro atoms. The number of benzene rings is 3. The molecule has 0 bridgehead atoms. The van der Waals surface area contributed by atoms with Gasteiger partial charge in [-0.05, 0) is 59.5 Å². The van der Waals surface area contributed by atoms with Gasteiger partial charge in [-0.25, -0.2) is 0 Å². The van der Waals surface area contributed by atoms with Crippen LogP contribution in [0.25, 0.3) is 17.0 Å². The summed E-state index contributed by atoms with van der Waals surface area (Å²) >= 11 is 0. The van der Waals surface area contributed by atoms with Gasteiger partial charge < -0.3 is 28.8 Å². The van der Waals surface area contributed by atoms with E-state index in [1.165, 1.54) is 10.9 Å². The molecule has 7 heteroatoms. The van der Waals surface area contributed by atoms with Crippen LogP contribution in [-0.4, -0.2) is 50.8 Å². The van der Waals surface area contributed by atoms with Crippen LogP contribution >= 0.6 is 0 Å². The molecule has 37 heavy (non-hydrogen) atoms. The van der Waals surface area contributed by atoms with Crippen LogP contribution in [0.5, 0.6) is 23.0 Å². The minimum atomic E-state index is -0.251.